The second-order valence-corrected chi connectivity index (χ2v) is 6.58. The van der Waals surface area contributed by atoms with Gasteiger partial charge in [0.05, 0.1) is 11.4 Å². The van der Waals surface area contributed by atoms with E-state index in [0.29, 0.717) is 11.3 Å². The Labute approximate surface area is 143 Å². The van der Waals surface area contributed by atoms with Crippen LogP contribution in [0.4, 0.5) is 11.4 Å². The zero-order valence-electron chi connectivity index (χ0n) is 13.0. The van der Waals surface area contributed by atoms with E-state index in [1.54, 1.807) is 12.1 Å². The van der Waals surface area contributed by atoms with Crippen molar-refractivity contribution in [2.45, 2.75) is 20.3 Å². The van der Waals surface area contributed by atoms with Gasteiger partial charge < -0.3 is 5.32 Å². The van der Waals surface area contributed by atoms with Gasteiger partial charge in [-0.1, -0.05) is 33.6 Å². The topological polar surface area (TPSA) is 49.4 Å². The average molecular weight is 373 g/mol. The fourth-order valence-corrected chi connectivity index (χ4v) is 3.37. The molecular weight excluding hydrogens is 356 g/mol. The highest BCUT2D eigenvalue weighted by atomic mass is 79.9. The number of carbonyl (C=O) groups excluding carboxylic acids is 2. The lowest BCUT2D eigenvalue weighted by molar-refractivity contribution is -0.115. The quantitative estimate of drug-likeness (QED) is 0.868. The number of fused-ring (bicyclic) bond motifs is 1. The number of carbonyl (C=O) groups is 2. The van der Waals surface area contributed by atoms with Crippen molar-refractivity contribution in [3.8, 4) is 0 Å². The number of nitrogens with zero attached hydrogens (tertiary/aromatic N) is 1. The number of nitrogens with one attached hydrogen (secondary N) is 1. The highest BCUT2D eigenvalue weighted by molar-refractivity contribution is 9.10. The first-order valence-electron chi connectivity index (χ1n) is 7.45. The van der Waals surface area contributed by atoms with E-state index >= 15 is 0 Å². The van der Waals surface area contributed by atoms with Gasteiger partial charge in [-0.25, -0.2) is 4.90 Å². The number of rotatable bonds is 2. The lowest BCUT2D eigenvalue weighted by Gasteiger charge is -2.22. The van der Waals surface area contributed by atoms with Gasteiger partial charge >= 0.3 is 0 Å². The molecule has 0 atom stereocenters. The molecule has 0 unspecified atom stereocenters. The fraction of sp³-hybridized carbons (Fsp3) is 0.222. The van der Waals surface area contributed by atoms with Crippen LogP contribution in [0.25, 0.3) is 0 Å². The minimum atomic E-state index is -0.310. The normalized spacial score (nSPS) is 12.5. The SMILES string of the molecule is CC(=O)N(C(=O)c1cccc(C)c1)c1cc(Br)cc2c1NCC2. The predicted octanol–water partition coefficient (Wildman–Crippen LogP) is 3.92. The molecule has 0 spiro atoms. The van der Waals surface area contributed by atoms with Crippen molar-refractivity contribution in [2.24, 2.45) is 0 Å². The maximum absolute atomic E-state index is 12.9. The summed E-state index contributed by atoms with van der Waals surface area (Å²) in [5.74, 6) is -0.610. The van der Waals surface area contributed by atoms with Gasteiger partial charge in [0.1, 0.15) is 0 Å². The number of amides is 2. The molecule has 4 nitrogen and oxygen atoms in total. The predicted molar refractivity (Wildman–Crippen MR) is 95.0 cm³/mol. The maximum atomic E-state index is 12.9. The first-order valence-corrected chi connectivity index (χ1v) is 8.24. The largest absolute Gasteiger partial charge is 0.383 e. The van der Waals surface area contributed by atoms with Gasteiger partial charge in [0, 0.05) is 23.5 Å². The summed E-state index contributed by atoms with van der Waals surface area (Å²) in [6.07, 6.45) is 0.881. The Morgan fingerprint density at radius 2 is 2.00 bits per heavy atom. The van der Waals surface area contributed by atoms with Crippen LogP contribution in [-0.2, 0) is 11.2 Å². The molecule has 2 aromatic rings. The van der Waals surface area contributed by atoms with Crippen molar-refractivity contribution in [3.63, 3.8) is 0 Å². The third kappa shape index (κ3) is 3.01. The summed E-state index contributed by atoms with van der Waals surface area (Å²) in [6, 6.07) is 11.1. The zero-order chi connectivity index (χ0) is 16.6. The summed E-state index contributed by atoms with van der Waals surface area (Å²) in [5.41, 5.74) is 4.07. The number of benzene rings is 2. The molecule has 2 aromatic carbocycles. The molecule has 2 amide bonds. The van der Waals surface area contributed by atoms with Crippen molar-refractivity contribution in [2.75, 3.05) is 16.8 Å². The second-order valence-electron chi connectivity index (χ2n) is 5.66. The third-order valence-electron chi connectivity index (χ3n) is 3.88. The van der Waals surface area contributed by atoms with Gasteiger partial charge in [0.25, 0.3) is 5.91 Å². The molecule has 1 aliphatic heterocycles. The Bertz CT molecular complexity index is 802. The Kier molecular flexibility index (Phi) is 4.22. The van der Waals surface area contributed by atoms with E-state index in [1.807, 2.05) is 31.2 Å². The lowest BCUT2D eigenvalue weighted by atomic mass is 10.1. The summed E-state index contributed by atoms with van der Waals surface area (Å²) < 4.78 is 0.859. The highest BCUT2D eigenvalue weighted by Gasteiger charge is 2.27. The molecule has 0 radical (unpaired) electrons. The smallest absolute Gasteiger partial charge is 0.265 e. The third-order valence-corrected chi connectivity index (χ3v) is 4.34. The van der Waals surface area contributed by atoms with Crippen molar-refractivity contribution >= 4 is 39.1 Å². The van der Waals surface area contributed by atoms with Crippen molar-refractivity contribution in [1.82, 2.24) is 0 Å². The first kappa shape index (κ1) is 15.7. The highest BCUT2D eigenvalue weighted by Crippen LogP contribution is 2.37. The molecule has 0 aromatic heterocycles. The van der Waals surface area contributed by atoms with Crippen LogP contribution in [-0.4, -0.2) is 18.4 Å². The molecular formula is C18H17BrN2O2. The summed E-state index contributed by atoms with van der Waals surface area (Å²) in [6.45, 7) is 4.15. The summed E-state index contributed by atoms with van der Waals surface area (Å²) >= 11 is 3.47. The average Bonchev–Trinajstić information content (AvgIpc) is 2.95. The Hall–Kier alpha value is -2.14. The first-order chi connectivity index (χ1) is 11.0. The molecule has 0 aliphatic carbocycles. The summed E-state index contributed by atoms with van der Waals surface area (Å²) in [4.78, 5) is 26.4. The number of hydrogen-bond acceptors (Lipinski definition) is 3. The Morgan fingerprint density at radius 1 is 1.22 bits per heavy atom. The molecule has 0 bridgehead atoms. The summed E-state index contributed by atoms with van der Waals surface area (Å²) in [5, 5.41) is 3.28. The molecule has 1 N–H and O–H groups in total. The lowest BCUT2D eigenvalue weighted by Crippen LogP contribution is -2.35. The van der Waals surface area contributed by atoms with Crippen LogP contribution in [0, 0.1) is 6.92 Å². The van der Waals surface area contributed by atoms with Crippen LogP contribution in [0.1, 0.15) is 28.4 Å². The molecule has 0 saturated heterocycles. The van der Waals surface area contributed by atoms with Crippen LogP contribution in [0.3, 0.4) is 0 Å². The number of anilines is 2. The Balaban J connectivity index is 2.10. The molecule has 0 saturated carbocycles. The van der Waals surface area contributed by atoms with Crippen LogP contribution >= 0.6 is 15.9 Å². The maximum Gasteiger partial charge on any atom is 0.265 e. The molecule has 118 valence electrons. The van der Waals surface area contributed by atoms with E-state index in [4.69, 9.17) is 0 Å². The van der Waals surface area contributed by atoms with Gasteiger partial charge in [-0.2, -0.15) is 0 Å². The minimum Gasteiger partial charge on any atom is -0.383 e. The van der Waals surface area contributed by atoms with Gasteiger partial charge in [-0.3, -0.25) is 9.59 Å². The van der Waals surface area contributed by atoms with E-state index in [0.717, 1.165) is 34.3 Å². The number of halogens is 1. The van der Waals surface area contributed by atoms with E-state index in [2.05, 4.69) is 21.2 Å². The van der Waals surface area contributed by atoms with Gasteiger partial charge in [0.2, 0.25) is 5.91 Å². The number of aryl methyl sites for hydroxylation is 1. The molecule has 1 aliphatic rings. The second kappa shape index (κ2) is 6.16. The minimum absolute atomic E-state index is 0.300. The number of imide groups is 1. The monoisotopic (exact) mass is 372 g/mol. The molecule has 5 heteroatoms. The van der Waals surface area contributed by atoms with E-state index in [1.165, 1.54) is 11.8 Å². The van der Waals surface area contributed by atoms with E-state index in [-0.39, 0.29) is 11.8 Å². The van der Waals surface area contributed by atoms with E-state index in [9.17, 15) is 9.59 Å². The zero-order valence-corrected chi connectivity index (χ0v) is 14.6. The van der Waals surface area contributed by atoms with Crippen molar-refractivity contribution in [3.05, 3.63) is 57.6 Å². The van der Waals surface area contributed by atoms with Gasteiger partial charge in [-0.15, -0.1) is 0 Å². The van der Waals surface area contributed by atoms with Crippen LogP contribution in [0.5, 0.6) is 0 Å². The van der Waals surface area contributed by atoms with E-state index < -0.39 is 0 Å². The van der Waals surface area contributed by atoms with Crippen LogP contribution in [0.2, 0.25) is 0 Å². The van der Waals surface area contributed by atoms with Crippen LogP contribution in [0.15, 0.2) is 40.9 Å². The van der Waals surface area contributed by atoms with Crippen molar-refractivity contribution in [1.29, 1.82) is 0 Å². The molecule has 23 heavy (non-hydrogen) atoms. The van der Waals surface area contributed by atoms with Crippen LogP contribution < -0.4 is 10.2 Å². The van der Waals surface area contributed by atoms with Crippen molar-refractivity contribution < 1.29 is 9.59 Å². The number of hydrogen-bond donors (Lipinski definition) is 1. The molecule has 1 heterocycles. The Morgan fingerprint density at radius 3 is 2.70 bits per heavy atom. The van der Waals surface area contributed by atoms with Gasteiger partial charge in [0.15, 0.2) is 0 Å². The molecule has 0 fully saturated rings. The fourth-order valence-electron chi connectivity index (χ4n) is 2.88. The summed E-state index contributed by atoms with van der Waals surface area (Å²) in [7, 11) is 0. The molecule has 3 rings (SSSR count). The van der Waals surface area contributed by atoms with Gasteiger partial charge in [-0.05, 0) is 43.2 Å². The standard InChI is InChI=1S/C18H17BrN2O2/c1-11-4-3-5-14(8-11)18(23)21(12(2)22)16-10-15(19)9-13-6-7-20-17(13)16/h3-5,8-10,20H,6-7H2,1-2H3.